The van der Waals surface area contributed by atoms with Gasteiger partial charge in [0.1, 0.15) is 17.5 Å². The molecule has 5 nitrogen and oxygen atoms in total. The van der Waals surface area contributed by atoms with Crippen LogP contribution < -0.4 is 10.6 Å². The lowest BCUT2D eigenvalue weighted by Crippen LogP contribution is -2.47. The van der Waals surface area contributed by atoms with Gasteiger partial charge in [0, 0.05) is 25.2 Å². The highest BCUT2D eigenvalue weighted by atomic mass is 15.2. The van der Waals surface area contributed by atoms with Crippen LogP contribution in [-0.2, 0) is 0 Å². The van der Waals surface area contributed by atoms with Crippen LogP contribution in [0.25, 0.3) is 0 Å². The number of nitrogens with two attached hydrogens (primary N) is 1. The maximum Gasteiger partial charge on any atom is 0.134 e. The molecule has 0 unspecified atom stereocenters. The van der Waals surface area contributed by atoms with Gasteiger partial charge in [-0.25, -0.2) is 9.97 Å². The second-order valence-corrected chi connectivity index (χ2v) is 6.01. The second-order valence-electron chi connectivity index (χ2n) is 6.01. The average molecular weight is 275 g/mol. The van der Waals surface area contributed by atoms with Gasteiger partial charge in [0.2, 0.25) is 0 Å². The Balaban J connectivity index is 1.60. The van der Waals surface area contributed by atoms with Crippen molar-refractivity contribution in [2.75, 3.05) is 36.8 Å². The van der Waals surface area contributed by atoms with Gasteiger partial charge in [-0.15, -0.1) is 0 Å². The standard InChI is InChI=1S/C15H25N5/c1-12-17-14(16)11-15(18-12)20-9-5-13(6-10-20)19-7-3-2-4-8-19/h11,13H,2-10H2,1H3,(H2,16,17,18). The minimum Gasteiger partial charge on any atom is -0.384 e. The molecular formula is C15H25N5. The molecule has 2 aliphatic heterocycles. The van der Waals surface area contributed by atoms with Gasteiger partial charge in [-0.3, -0.25) is 0 Å². The number of aromatic nitrogens is 2. The molecule has 0 spiro atoms. The minimum atomic E-state index is 0.575. The molecule has 2 saturated heterocycles. The van der Waals surface area contributed by atoms with Crippen molar-refractivity contribution in [1.29, 1.82) is 0 Å². The molecule has 2 N–H and O–H groups in total. The van der Waals surface area contributed by atoms with E-state index in [0.717, 1.165) is 30.8 Å². The molecular weight excluding hydrogens is 250 g/mol. The number of nitrogen functional groups attached to an aromatic ring is 1. The number of hydrogen-bond donors (Lipinski definition) is 1. The topological polar surface area (TPSA) is 58.3 Å². The van der Waals surface area contributed by atoms with Crippen molar-refractivity contribution in [3.05, 3.63) is 11.9 Å². The van der Waals surface area contributed by atoms with Gasteiger partial charge < -0.3 is 15.5 Å². The quantitative estimate of drug-likeness (QED) is 0.892. The Morgan fingerprint density at radius 3 is 2.40 bits per heavy atom. The van der Waals surface area contributed by atoms with Crippen molar-refractivity contribution in [2.24, 2.45) is 0 Å². The highest BCUT2D eigenvalue weighted by Crippen LogP contribution is 2.24. The highest BCUT2D eigenvalue weighted by molar-refractivity contribution is 5.47. The van der Waals surface area contributed by atoms with E-state index in [2.05, 4.69) is 19.8 Å². The van der Waals surface area contributed by atoms with Crippen molar-refractivity contribution in [3.63, 3.8) is 0 Å². The van der Waals surface area contributed by atoms with Crippen LogP contribution >= 0.6 is 0 Å². The van der Waals surface area contributed by atoms with Gasteiger partial charge >= 0.3 is 0 Å². The monoisotopic (exact) mass is 275 g/mol. The Bertz CT molecular complexity index is 427. The fourth-order valence-corrected chi connectivity index (χ4v) is 3.48. The smallest absolute Gasteiger partial charge is 0.134 e. The van der Waals surface area contributed by atoms with Crippen LogP contribution in [0.3, 0.4) is 0 Å². The van der Waals surface area contributed by atoms with E-state index in [1.165, 1.54) is 45.2 Å². The Morgan fingerprint density at radius 1 is 1.05 bits per heavy atom. The van der Waals surface area contributed by atoms with Crippen LogP contribution in [0.2, 0.25) is 0 Å². The lowest BCUT2D eigenvalue weighted by Gasteiger charge is -2.40. The third-order valence-electron chi connectivity index (χ3n) is 4.54. The number of anilines is 2. The van der Waals surface area contributed by atoms with Crippen molar-refractivity contribution in [1.82, 2.24) is 14.9 Å². The normalized spacial score (nSPS) is 22.1. The van der Waals surface area contributed by atoms with Crippen LogP contribution in [0, 0.1) is 6.92 Å². The molecule has 0 bridgehead atoms. The Kier molecular flexibility index (Phi) is 4.05. The first-order valence-electron chi connectivity index (χ1n) is 7.82. The number of likely N-dealkylation sites (tertiary alicyclic amines) is 1. The average Bonchev–Trinajstić information content (AvgIpc) is 2.47. The third kappa shape index (κ3) is 3.03. The molecule has 2 fully saturated rings. The summed E-state index contributed by atoms with van der Waals surface area (Å²) in [6, 6.07) is 2.67. The van der Waals surface area contributed by atoms with Gasteiger partial charge in [-0.1, -0.05) is 6.42 Å². The van der Waals surface area contributed by atoms with Crippen molar-refractivity contribution >= 4 is 11.6 Å². The maximum atomic E-state index is 5.82. The van der Waals surface area contributed by atoms with Crippen LogP contribution in [0.15, 0.2) is 6.07 Å². The summed E-state index contributed by atoms with van der Waals surface area (Å²) in [6.07, 6.45) is 6.64. The summed E-state index contributed by atoms with van der Waals surface area (Å²) in [5.41, 5.74) is 5.82. The zero-order valence-corrected chi connectivity index (χ0v) is 12.4. The fourth-order valence-electron chi connectivity index (χ4n) is 3.48. The number of piperidine rings is 2. The predicted molar refractivity (Wildman–Crippen MR) is 81.8 cm³/mol. The SMILES string of the molecule is Cc1nc(N)cc(N2CCC(N3CCCCC3)CC2)n1. The van der Waals surface area contributed by atoms with E-state index < -0.39 is 0 Å². The number of rotatable bonds is 2. The fraction of sp³-hybridized carbons (Fsp3) is 0.733. The molecule has 1 aromatic rings. The van der Waals surface area contributed by atoms with E-state index >= 15 is 0 Å². The summed E-state index contributed by atoms with van der Waals surface area (Å²) in [5, 5.41) is 0. The molecule has 5 heteroatoms. The Morgan fingerprint density at radius 2 is 1.75 bits per heavy atom. The van der Waals surface area contributed by atoms with Gasteiger partial charge in [0.15, 0.2) is 0 Å². The lowest BCUT2D eigenvalue weighted by molar-refractivity contribution is 0.141. The molecule has 3 rings (SSSR count). The Labute approximate surface area is 121 Å². The largest absolute Gasteiger partial charge is 0.384 e. The third-order valence-corrected chi connectivity index (χ3v) is 4.54. The maximum absolute atomic E-state index is 5.82. The van der Waals surface area contributed by atoms with Crippen molar-refractivity contribution in [3.8, 4) is 0 Å². The summed E-state index contributed by atoms with van der Waals surface area (Å²) in [7, 11) is 0. The van der Waals surface area contributed by atoms with Crippen LogP contribution in [0.1, 0.15) is 37.9 Å². The molecule has 20 heavy (non-hydrogen) atoms. The van der Waals surface area contributed by atoms with Gasteiger partial charge in [0.05, 0.1) is 0 Å². The molecule has 2 aliphatic rings. The lowest BCUT2D eigenvalue weighted by atomic mass is 10.00. The molecule has 0 aromatic carbocycles. The molecule has 0 aliphatic carbocycles. The van der Waals surface area contributed by atoms with E-state index in [1.54, 1.807) is 0 Å². The molecule has 3 heterocycles. The van der Waals surface area contributed by atoms with Crippen molar-refractivity contribution < 1.29 is 0 Å². The number of hydrogen-bond acceptors (Lipinski definition) is 5. The molecule has 0 atom stereocenters. The highest BCUT2D eigenvalue weighted by Gasteiger charge is 2.26. The van der Waals surface area contributed by atoms with Crippen LogP contribution in [0.5, 0.6) is 0 Å². The predicted octanol–water partition coefficient (Wildman–Crippen LogP) is 1.82. The Hall–Kier alpha value is -1.36. The molecule has 110 valence electrons. The van der Waals surface area contributed by atoms with E-state index in [0.29, 0.717) is 5.82 Å². The first kappa shape index (κ1) is 13.6. The zero-order chi connectivity index (χ0) is 13.9. The summed E-state index contributed by atoms with van der Waals surface area (Å²) in [6.45, 7) is 6.66. The molecule has 0 amide bonds. The van der Waals surface area contributed by atoms with Crippen LogP contribution in [-0.4, -0.2) is 47.1 Å². The second kappa shape index (κ2) is 5.95. The van der Waals surface area contributed by atoms with Crippen LogP contribution in [0.4, 0.5) is 11.6 Å². The molecule has 0 saturated carbocycles. The van der Waals surface area contributed by atoms with Gasteiger partial charge in [0.25, 0.3) is 0 Å². The minimum absolute atomic E-state index is 0.575. The van der Waals surface area contributed by atoms with Gasteiger partial charge in [-0.2, -0.15) is 0 Å². The summed E-state index contributed by atoms with van der Waals surface area (Å²) in [4.78, 5) is 13.7. The zero-order valence-electron chi connectivity index (χ0n) is 12.4. The number of aryl methyl sites for hydroxylation is 1. The molecule has 0 radical (unpaired) electrons. The number of nitrogens with zero attached hydrogens (tertiary/aromatic N) is 4. The van der Waals surface area contributed by atoms with E-state index in [-0.39, 0.29) is 0 Å². The summed E-state index contributed by atoms with van der Waals surface area (Å²) in [5.74, 6) is 2.33. The van der Waals surface area contributed by atoms with Gasteiger partial charge in [-0.05, 0) is 45.7 Å². The first-order valence-corrected chi connectivity index (χ1v) is 7.82. The van der Waals surface area contributed by atoms with E-state index in [1.807, 2.05) is 13.0 Å². The van der Waals surface area contributed by atoms with Crippen molar-refractivity contribution in [2.45, 2.75) is 45.1 Å². The summed E-state index contributed by atoms with van der Waals surface area (Å²) < 4.78 is 0. The molecule has 1 aromatic heterocycles. The first-order chi connectivity index (χ1) is 9.72. The summed E-state index contributed by atoms with van der Waals surface area (Å²) >= 11 is 0. The van der Waals surface area contributed by atoms with E-state index in [9.17, 15) is 0 Å². The van der Waals surface area contributed by atoms with E-state index in [4.69, 9.17) is 5.73 Å².